The summed E-state index contributed by atoms with van der Waals surface area (Å²) in [6.45, 7) is 10.4. The molecular weight excluding hydrogens is 308 g/mol. The van der Waals surface area contributed by atoms with Crippen molar-refractivity contribution in [2.75, 3.05) is 0 Å². The van der Waals surface area contributed by atoms with Crippen molar-refractivity contribution in [1.82, 2.24) is 0 Å². The van der Waals surface area contributed by atoms with Crippen LogP contribution in [-0.4, -0.2) is 5.54 Å². The van der Waals surface area contributed by atoms with Crippen molar-refractivity contribution >= 4 is 40.4 Å². The van der Waals surface area contributed by atoms with Gasteiger partial charge in [0, 0.05) is 20.8 Å². The number of hydrogen-bond donors (Lipinski definition) is 0. The van der Waals surface area contributed by atoms with E-state index < -0.39 is 9.20 Å². The summed E-state index contributed by atoms with van der Waals surface area (Å²) in [6, 6.07) is 3.01. The molecule has 0 aromatic heterocycles. The van der Waals surface area contributed by atoms with E-state index in [2.05, 4.69) is 45.5 Å². The SMILES string of the molecule is CC(C)C#[N+]C(C)(C)C.[Cl][Fe-]([Cl])([Cl])[Cl]. The molecular formula is C8H16Cl4FeN. The fraction of sp³-hybridized carbons (Fsp3) is 0.875. The number of nitrogens with zero attached hydrogens (tertiary/aromatic N) is 1. The van der Waals surface area contributed by atoms with Crippen LogP contribution >= 0.6 is 40.4 Å². The van der Waals surface area contributed by atoms with Crippen LogP contribution in [0.1, 0.15) is 34.6 Å². The van der Waals surface area contributed by atoms with E-state index in [1.807, 2.05) is 0 Å². The van der Waals surface area contributed by atoms with Gasteiger partial charge in [0.25, 0.3) is 11.6 Å². The first kappa shape index (κ1) is 17.6. The number of rotatable bonds is 0. The summed E-state index contributed by atoms with van der Waals surface area (Å²) < 4.78 is 0. The van der Waals surface area contributed by atoms with Gasteiger partial charge in [0.1, 0.15) is 0 Å². The van der Waals surface area contributed by atoms with E-state index in [1.54, 1.807) is 0 Å². The summed E-state index contributed by atoms with van der Waals surface area (Å²) in [6.07, 6.45) is 0. The molecule has 14 heavy (non-hydrogen) atoms. The molecule has 0 saturated heterocycles. The van der Waals surface area contributed by atoms with Gasteiger partial charge >= 0.3 is 49.6 Å². The zero-order valence-corrected chi connectivity index (χ0v) is 13.0. The summed E-state index contributed by atoms with van der Waals surface area (Å²) >= 11 is 0. The maximum atomic E-state index is 4.95. The maximum absolute atomic E-state index is 4.95. The monoisotopic (exact) mass is 322 g/mol. The average Bonchev–Trinajstić information content (AvgIpc) is 1.77. The van der Waals surface area contributed by atoms with E-state index in [0.717, 1.165) is 0 Å². The van der Waals surface area contributed by atoms with Crippen LogP contribution in [0.3, 0.4) is 0 Å². The van der Waals surface area contributed by atoms with Gasteiger partial charge in [-0.3, -0.25) is 0 Å². The van der Waals surface area contributed by atoms with Crippen LogP contribution in [0.15, 0.2) is 0 Å². The van der Waals surface area contributed by atoms with Gasteiger partial charge in [0.2, 0.25) is 0 Å². The van der Waals surface area contributed by atoms with Crippen LogP contribution in [-0.2, 0) is 9.20 Å². The third-order valence-electron chi connectivity index (χ3n) is 0.658. The first-order valence-corrected chi connectivity index (χ1v) is 10.0. The van der Waals surface area contributed by atoms with Crippen LogP contribution in [0, 0.1) is 12.0 Å². The van der Waals surface area contributed by atoms with Gasteiger partial charge in [-0.15, -0.1) is 0 Å². The summed E-state index contributed by atoms with van der Waals surface area (Å²) in [4.78, 5) is 4.21. The second-order valence-corrected chi connectivity index (χ2v) is 14.8. The molecule has 0 heterocycles. The molecule has 0 spiro atoms. The molecule has 0 bridgehead atoms. The van der Waals surface area contributed by atoms with Gasteiger partial charge in [-0.25, -0.2) is 0 Å². The number of hydrogen-bond acceptors (Lipinski definition) is 0. The van der Waals surface area contributed by atoms with Crippen molar-refractivity contribution in [3.05, 3.63) is 4.85 Å². The van der Waals surface area contributed by atoms with Gasteiger partial charge in [-0.2, -0.15) is 0 Å². The van der Waals surface area contributed by atoms with E-state index in [9.17, 15) is 0 Å². The fourth-order valence-corrected chi connectivity index (χ4v) is 0.323. The Balaban J connectivity index is 0. The van der Waals surface area contributed by atoms with Gasteiger partial charge in [-0.1, -0.05) is 4.85 Å². The Morgan fingerprint density at radius 3 is 1.43 bits per heavy atom. The van der Waals surface area contributed by atoms with Crippen molar-refractivity contribution in [2.24, 2.45) is 5.92 Å². The van der Waals surface area contributed by atoms with E-state index in [0.29, 0.717) is 5.92 Å². The van der Waals surface area contributed by atoms with Crippen LogP contribution in [0.2, 0.25) is 0 Å². The standard InChI is InChI=1S/C8H16N.4ClH.Fe/c1-7(2)6-9-8(3,4)5;;;;;/h7H,1-5H3;4*1H;/q+1;;;;;+3/p-4. The summed E-state index contributed by atoms with van der Waals surface area (Å²) in [5, 5.41) is 0. The van der Waals surface area contributed by atoms with Crippen molar-refractivity contribution in [1.29, 1.82) is 0 Å². The Morgan fingerprint density at radius 1 is 1.07 bits per heavy atom. The van der Waals surface area contributed by atoms with Crippen molar-refractivity contribution in [3.63, 3.8) is 0 Å². The van der Waals surface area contributed by atoms with Crippen molar-refractivity contribution in [2.45, 2.75) is 40.2 Å². The Morgan fingerprint density at radius 2 is 1.36 bits per heavy atom. The van der Waals surface area contributed by atoms with E-state index in [4.69, 9.17) is 40.4 Å². The molecule has 0 aromatic carbocycles. The normalized spacial score (nSPS) is 12.4. The molecule has 0 aliphatic heterocycles. The zero-order chi connectivity index (χ0) is 12.0. The minimum atomic E-state index is -2.61. The van der Waals surface area contributed by atoms with Crippen LogP contribution in [0.4, 0.5) is 0 Å². The molecule has 0 atom stereocenters. The van der Waals surface area contributed by atoms with Gasteiger partial charge in [0.05, 0.1) is 5.92 Å². The molecule has 6 heteroatoms. The molecule has 1 nitrogen and oxygen atoms in total. The molecule has 0 aliphatic carbocycles. The first-order chi connectivity index (χ1) is 5.92. The van der Waals surface area contributed by atoms with Gasteiger partial charge in [-0.05, 0) is 13.8 Å². The van der Waals surface area contributed by atoms with Crippen LogP contribution in [0.5, 0.6) is 0 Å². The molecule has 0 rings (SSSR count). The second-order valence-electron chi connectivity index (χ2n) is 3.87. The molecule has 0 amide bonds. The Bertz CT molecular complexity index is 200. The molecule has 0 N–H and O–H groups in total. The third-order valence-corrected chi connectivity index (χ3v) is 0.658. The van der Waals surface area contributed by atoms with E-state index in [-0.39, 0.29) is 5.54 Å². The van der Waals surface area contributed by atoms with E-state index >= 15 is 0 Å². The number of halogens is 4. The summed E-state index contributed by atoms with van der Waals surface area (Å²) in [5.74, 6) is 0.448. The molecule has 89 valence electrons. The Kier molecular flexibility index (Phi) is 9.34. The molecule has 0 fully saturated rings. The summed E-state index contributed by atoms with van der Waals surface area (Å²) in [7, 11) is 17.2. The predicted octanol–water partition coefficient (Wildman–Crippen LogP) is 5.53. The minimum absolute atomic E-state index is 0.0459. The predicted molar refractivity (Wildman–Crippen MR) is 65.3 cm³/mol. The van der Waals surface area contributed by atoms with E-state index in [1.165, 1.54) is 0 Å². The summed E-state index contributed by atoms with van der Waals surface area (Å²) in [5.41, 5.74) is 0.0459. The first-order valence-electron chi connectivity index (χ1n) is 3.93. The van der Waals surface area contributed by atoms with Gasteiger partial charge in [0.15, 0.2) is 0 Å². The van der Waals surface area contributed by atoms with Crippen molar-refractivity contribution in [3.8, 4) is 6.07 Å². The Labute approximate surface area is 106 Å². The Hall–Kier alpha value is 1.17. The quantitative estimate of drug-likeness (QED) is 0.516. The average molecular weight is 324 g/mol. The van der Waals surface area contributed by atoms with Crippen LogP contribution < -0.4 is 0 Å². The fourth-order valence-electron chi connectivity index (χ4n) is 0.323. The topological polar surface area (TPSA) is 4.36 Å². The third kappa shape index (κ3) is 37.9. The zero-order valence-electron chi connectivity index (χ0n) is 8.89. The molecule has 0 radical (unpaired) electrons. The molecule has 0 aliphatic rings. The van der Waals surface area contributed by atoms with Crippen LogP contribution in [0.25, 0.3) is 4.85 Å². The molecule has 0 aromatic rings. The van der Waals surface area contributed by atoms with Gasteiger partial charge < -0.3 is 0 Å². The van der Waals surface area contributed by atoms with Crippen molar-refractivity contribution < 1.29 is 9.20 Å². The second kappa shape index (κ2) is 7.44. The molecule has 0 saturated carbocycles. The molecule has 0 unspecified atom stereocenters.